The van der Waals surface area contributed by atoms with Gasteiger partial charge in [0.05, 0.1) is 0 Å². The number of anilines is 1. The quantitative estimate of drug-likeness (QED) is 0.276. The van der Waals surface area contributed by atoms with Crippen LogP contribution in [0.25, 0.3) is 10.8 Å². The van der Waals surface area contributed by atoms with E-state index in [0.29, 0.717) is 17.5 Å². The van der Waals surface area contributed by atoms with Gasteiger partial charge in [-0.3, -0.25) is 4.79 Å². The number of halogens is 8. The molecule has 0 bridgehead atoms. The second-order valence-electron chi connectivity index (χ2n) is 7.74. The highest BCUT2D eigenvalue weighted by molar-refractivity contribution is 6.19. The van der Waals surface area contributed by atoms with Gasteiger partial charge in [0, 0.05) is 22.7 Å². The average Bonchev–Trinajstić information content (AvgIpc) is 2.77. The smallest absolute Gasteiger partial charge is 0.321 e. The zero-order chi connectivity index (χ0) is 25.5. The molecule has 0 radical (unpaired) electrons. The van der Waals surface area contributed by atoms with Crippen LogP contribution in [0.5, 0.6) is 0 Å². The number of carbonyl (C=O) groups excluding carboxylic acids is 1. The maximum absolute atomic E-state index is 14.6. The summed E-state index contributed by atoms with van der Waals surface area (Å²) in [6.07, 6.45) is -12.5. The predicted octanol–water partition coefficient (Wildman–Crippen LogP) is 7.99. The Kier molecular flexibility index (Phi) is 6.90. The summed E-state index contributed by atoms with van der Waals surface area (Å²) in [6, 6.07) is 11.1. The molecule has 182 valence electrons. The first kappa shape index (κ1) is 25.8. The minimum atomic E-state index is -6.23. The first-order chi connectivity index (χ1) is 15.8. The third-order valence-corrected chi connectivity index (χ3v) is 5.91. The molecule has 34 heavy (non-hydrogen) atoms. The van der Waals surface area contributed by atoms with Crippen LogP contribution >= 0.6 is 11.6 Å². The molecule has 0 heterocycles. The molecule has 3 aromatic carbocycles. The summed E-state index contributed by atoms with van der Waals surface area (Å²) in [5.74, 6) is -0.423. The molecule has 0 atom stereocenters. The second kappa shape index (κ2) is 9.09. The lowest BCUT2D eigenvalue weighted by Gasteiger charge is -2.31. The molecule has 0 unspecified atom stereocenters. The molecule has 3 rings (SSSR count). The number of nitrogens with one attached hydrogen (secondary N) is 1. The number of carbonyl (C=O) groups is 1. The number of aryl methyl sites for hydroxylation is 2. The highest BCUT2D eigenvalue weighted by atomic mass is 35.5. The number of amides is 1. The third kappa shape index (κ3) is 4.33. The highest BCUT2D eigenvalue weighted by Crippen LogP contribution is 2.53. The van der Waals surface area contributed by atoms with Gasteiger partial charge in [-0.25, -0.2) is 4.39 Å². The van der Waals surface area contributed by atoms with Gasteiger partial charge in [0.1, 0.15) is 0 Å². The Bertz CT molecular complexity index is 1220. The summed E-state index contributed by atoms with van der Waals surface area (Å²) in [7, 11) is 0. The van der Waals surface area contributed by atoms with Gasteiger partial charge in [-0.2, -0.15) is 26.3 Å². The van der Waals surface area contributed by atoms with E-state index in [0.717, 1.165) is 10.9 Å². The van der Waals surface area contributed by atoms with Crippen LogP contribution in [0.2, 0.25) is 0 Å². The molecular weight excluding hydrogens is 487 g/mol. The fraction of sp³-hybridized carbons (Fsp3) is 0.292. The van der Waals surface area contributed by atoms with E-state index in [1.54, 1.807) is 30.3 Å². The molecule has 0 saturated carbocycles. The van der Waals surface area contributed by atoms with Crippen molar-refractivity contribution in [1.29, 1.82) is 0 Å². The largest absolute Gasteiger partial charge is 0.435 e. The first-order valence-electron chi connectivity index (χ1n) is 10.1. The van der Waals surface area contributed by atoms with Crippen molar-refractivity contribution in [3.05, 3.63) is 76.3 Å². The minimum Gasteiger partial charge on any atom is -0.321 e. The standard InChI is InChI=1S/C24H19ClF7NO/c1-3-14-11-16(22(26,23(27,28)29)24(30,31)32)10-13(2)20(14)33-21(34)19-9-8-15(12-25)17-6-4-5-7-18(17)19/h4-11H,3,12H2,1-2H3,(H,33,34). The van der Waals surface area contributed by atoms with E-state index in [9.17, 15) is 35.5 Å². The van der Waals surface area contributed by atoms with Crippen molar-refractivity contribution >= 4 is 34.0 Å². The molecular formula is C24H19ClF7NO. The Morgan fingerprint density at radius 1 is 0.882 bits per heavy atom. The van der Waals surface area contributed by atoms with Crippen LogP contribution < -0.4 is 5.32 Å². The third-order valence-electron chi connectivity index (χ3n) is 5.62. The zero-order valence-corrected chi connectivity index (χ0v) is 18.7. The summed E-state index contributed by atoms with van der Waals surface area (Å²) >= 11 is 5.95. The second-order valence-corrected chi connectivity index (χ2v) is 8.01. The molecule has 0 aliphatic rings. The molecule has 2 nitrogen and oxygen atoms in total. The normalized spacial score (nSPS) is 12.8. The SMILES string of the molecule is CCc1cc(C(F)(C(F)(F)F)C(F)(F)F)cc(C)c1NC(=O)c1ccc(CCl)c2ccccc12. The van der Waals surface area contributed by atoms with Crippen LogP contribution in [0.15, 0.2) is 48.5 Å². The van der Waals surface area contributed by atoms with Gasteiger partial charge in [0.25, 0.3) is 5.91 Å². The predicted molar refractivity (Wildman–Crippen MR) is 117 cm³/mol. The van der Waals surface area contributed by atoms with Crippen molar-refractivity contribution in [3.8, 4) is 0 Å². The Labute approximate surface area is 195 Å². The van der Waals surface area contributed by atoms with Gasteiger partial charge < -0.3 is 5.32 Å². The van der Waals surface area contributed by atoms with Crippen molar-refractivity contribution in [2.75, 3.05) is 5.32 Å². The summed E-state index contributed by atoms with van der Waals surface area (Å²) in [5, 5.41) is 3.87. The van der Waals surface area contributed by atoms with Gasteiger partial charge in [-0.05, 0) is 52.9 Å². The Balaban J connectivity index is 2.10. The van der Waals surface area contributed by atoms with Crippen LogP contribution in [0.4, 0.5) is 36.4 Å². The zero-order valence-electron chi connectivity index (χ0n) is 18.0. The topological polar surface area (TPSA) is 29.1 Å². The lowest BCUT2D eigenvalue weighted by Crippen LogP contribution is -2.50. The van der Waals surface area contributed by atoms with E-state index < -0.39 is 29.5 Å². The van der Waals surface area contributed by atoms with E-state index in [1.807, 2.05) is 0 Å². The van der Waals surface area contributed by atoms with Gasteiger partial charge in [0.15, 0.2) is 0 Å². The van der Waals surface area contributed by atoms with E-state index in [2.05, 4.69) is 5.32 Å². The molecule has 1 amide bonds. The summed E-state index contributed by atoms with van der Waals surface area (Å²) in [5.41, 5.74) is -6.31. The molecule has 0 saturated heterocycles. The van der Waals surface area contributed by atoms with Crippen LogP contribution in [0.3, 0.4) is 0 Å². The van der Waals surface area contributed by atoms with Crippen molar-refractivity contribution in [2.45, 2.75) is 44.2 Å². The fourth-order valence-electron chi connectivity index (χ4n) is 3.86. The summed E-state index contributed by atoms with van der Waals surface area (Å²) in [4.78, 5) is 13.1. The molecule has 0 fully saturated rings. The van der Waals surface area contributed by atoms with E-state index >= 15 is 0 Å². The Morgan fingerprint density at radius 2 is 1.47 bits per heavy atom. The maximum Gasteiger partial charge on any atom is 0.435 e. The van der Waals surface area contributed by atoms with Gasteiger partial charge >= 0.3 is 18.0 Å². The lowest BCUT2D eigenvalue weighted by atomic mass is 9.89. The van der Waals surface area contributed by atoms with Gasteiger partial charge in [-0.15, -0.1) is 11.6 Å². The number of hydrogen-bond acceptors (Lipinski definition) is 1. The monoisotopic (exact) mass is 505 g/mol. The van der Waals surface area contributed by atoms with Crippen molar-refractivity contribution < 1.29 is 35.5 Å². The number of fused-ring (bicyclic) bond motifs is 1. The summed E-state index contributed by atoms with van der Waals surface area (Å²) < 4.78 is 93.9. The minimum absolute atomic E-state index is 0.0217. The molecule has 0 aliphatic carbocycles. The van der Waals surface area contributed by atoms with E-state index in [-0.39, 0.29) is 34.7 Å². The van der Waals surface area contributed by atoms with Crippen LogP contribution in [0.1, 0.15) is 39.5 Å². The fourth-order valence-corrected chi connectivity index (χ4v) is 4.09. The molecule has 10 heteroatoms. The molecule has 0 spiro atoms. The van der Waals surface area contributed by atoms with Gasteiger partial charge in [-0.1, -0.05) is 43.3 Å². The van der Waals surface area contributed by atoms with Crippen LogP contribution in [-0.2, 0) is 18.0 Å². The number of rotatable bonds is 5. The van der Waals surface area contributed by atoms with Gasteiger partial charge in [0.2, 0.25) is 0 Å². The summed E-state index contributed by atoms with van der Waals surface area (Å²) in [6.45, 7) is 2.68. The molecule has 0 aromatic heterocycles. The van der Waals surface area contributed by atoms with Crippen molar-refractivity contribution in [2.24, 2.45) is 0 Å². The molecule has 0 aliphatic heterocycles. The first-order valence-corrected chi connectivity index (χ1v) is 10.6. The Morgan fingerprint density at radius 3 is 2.00 bits per heavy atom. The van der Waals surface area contributed by atoms with E-state index in [1.165, 1.54) is 19.9 Å². The van der Waals surface area contributed by atoms with Crippen LogP contribution in [-0.4, -0.2) is 18.3 Å². The number of hydrogen-bond donors (Lipinski definition) is 1. The van der Waals surface area contributed by atoms with Crippen LogP contribution in [0, 0.1) is 6.92 Å². The van der Waals surface area contributed by atoms with E-state index in [4.69, 9.17) is 11.6 Å². The average molecular weight is 506 g/mol. The molecule has 3 aromatic rings. The van der Waals surface area contributed by atoms with Crippen molar-refractivity contribution in [3.63, 3.8) is 0 Å². The number of alkyl halides is 8. The highest BCUT2D eigenvalue weighted by Gasteiger charge is 2.73. The number of benzene rings is 3. The molecule has 1 N–H and O–H groups in total. The lowest BCUT2D eigenvalue weighted by molar-refractivity contribution is -0.348. The Hall–Kier alpha value is -2.81. The maximum atomic E-state index is 14.6. The van der Waals surface area contributed by atoms with Crippen molar-refractivity contribution in [1.82, 2.24) is 0 Å².